The van der Waals surface area contributed by atoms with E-state index in [2.05, 4.69) is 48.7 Å². The highest BCUT2D eigenvalue weighted by Gasteiger charge is 1.97. The lowest BCUT2D eigenvalue weighted by Crippen LogP contribution is -1.88. The van der Waals surface area contributed by atoms with Crippen LogP contribution in [0.15, 0.2) is 24.3 Å². The molecule has 0 aliphatic rings. The number of rotatable bonds is 16. The molecule has 0 fully saturated rings. The predicted molar refractivity (Wildman–Crippen MR) is 123 cm³/mol. The molecule has 0 radical (unpaired) electrons. The van der Waals surface area contributed by atoms with E-state index in [1.165, 1.54) is 102 Å². The molecule has 0 bridgehead atoms. The smallest absolute Gasteiger partial charge is 0.0440 e. The fraction of sp³-hybridized carbons (Fsp3) is 0.727. The van der Waals surface area contributed by atoms with Gasteiger partial charge in [-0.25, -0.2) is 0 Å². The van der Waals surface area contributed by atoms with E-state index in [9.17, 15) is 0 Å². The van der Waals surface area contributed by atoms with Crippen LogP contribution in [0.3, 0.4) is 0 Å². The summed E-state index contributed by atoms with van der Waals surface area (Å²) < 4.78 is 2.91. The second kappa shape index (κ2) is 18.6. The second-order valence-electron chi connectivity index (χ2n) is 7.16. The van der Waals surface area contributed by atoms with Crippen LogP contribution in [0.5, 0.6) is 0 Å². The number of hydrogen-bond donors (Lipinski definition) is 2. The molecule has 0 saturated heterocycles. The van der Waals surface area contributed by atoms with Crippen molar-refractivity contribution in [2.24, 2.45) is 0 Å². The van der Waals surface area contributed by atoms with Gasteiger partial charge >= 0.3 is 0 Å². The molecule has 0 aliphatic carbocycles. The van der Waals surface area contributed by atoms with E-state index in [1.54, 1.807) is 0 Å². The molecule has 1 aromatic rings. The van der Waals surface area contributed by atoms with Crippen molar-refractivity contribution in [3.8, 4) is 0 Å². The Balaban J connectivity index is 0.00000576. The maximum Gasteiger partial charge on any atom is 0.0440 e. The van der Waals surface area contributed by atoms with Crippen molar-refractivity contribution < 1.29 is 0 Å². The van der Waals surface area contributed by atoms with E-state index >= 15 is 0 Å². The summed E-state index contributed by atoms with van der Waals surface area (Å²) in [6.45, 7) is 2.29. The van der Waals surface area contributed by atoms with Crippen LogP contribution in [0.4, 0.5) is 5.69 Å². The zero-order valence-electron chi connectivity index (χ0n) is 16.3. The van der Waals surface area contributed by atoms with Gasteiger partial charge in [-0.15, -0.1) is 17.0 Å². The minimum atomic E-state index is 0. The summed E-state index contributed by atoms with van der Waals surface area (Å²) in [6.07, 6.45) is 21.1. The molecule has 1 nitrogen and oxygen atoms in total. The third-order valence-corrected chi connectivity index (χ3v) is 5.13. The van der Waals surface area contributed by atoms with E-state index in [1.807, 2.05) is 0 Å². The number of hydrogen-bond acceptors (Lipinski definition) is 2. The van der Waals surface area contributed by atoms with Gasteiger partial charge in [0.15, 0.2) is 0 Å². The van der Waals surface area contributed by atoms with Gasteiger partial charge in [0, 0.05) is 5.69 Å². The fourth-order valence-electron chi connectivity index (χ4n) is 3.32. The van der Waals surface area contributed by atoms with Gasteiger partial charge < -0.3 is 4.72 Å². The first-order valence-electron chi connectivity index (χ1n) is 10.4. The lowest BCUT2D eigenvalue weighted by Gasteiger charge is -2.05. The Labute approximate surface area is 173 Å². The Hall–Kier alpha value is -0.150. The van der Waals surface area contributed by atoms with E-state index in [0.29, 0.717) is 0 Å². The Bertz CT molecular complexity index is 397. The molecule has 25 heavy (non-hydrogen) atoms. The van der Waals surface area contributed by atoms with Gasteiger partial charge in [0.25, 0.3) is 0 Å². The highest BCUT2D eigenvalue weighted by atomic mass is 79.9. The van der Waals surface area contributed by atoms with Crippen LogP contribution in [0, 0.1) is 0 Å². The summed E-state index contributed by atoms with van der Waals surface area (Å²) in [4.78, 5) is 0. The van der Waals surface area contributed by atoms with Gasteiger partial charge in [0.2, 0.25) is 0 Å². The molecule has 3 heteroatoms. The number of anilines is 1. The number of aryl methyl sites for hydroxylation is 1. The number of benzene rings is 1. The van der Waals surface area contributed by atoms with Crippen LogP contribution in [-0.2, 0) is 6.42 Å². The number of thiol groups is 1. The van der Waals surface area contributed by atoms with Gasteiger partial charge in [0.1, 0.15) is 0 Å². The standard InChI is InChI=1S/C22H39NS.BrH/c1-2-3-4-5-6-7-8-9-10-11-12-13-14-15-17-21-18-16-19-22(20-21)23-24;/h16,18-20,23-24H,2-15,17H2,1H3;1H. The predicted octanol–water partition coefficient (Wildman–Crippen LogP) is 8.55. The maximum absolute atomic E-state index is 4.10. The lowest BCUT2D eigenvalue weighted by molar-refractivity contribution is 0.535. The Morgan fingerprint density at radius 1 is 0.720 bits per heavy atom. The Morgan fingerprint density at radius 3 is 1.68 bits per heavy atom. The minimum absolute atomic E-state index is 0. The van der Waals surface area contributed by atoms with Crippen molar-refractivity contribution in [2.75, 3.05) is 4.72 Å². The maximum atomic E-state index is 4.10. The van der Waals surface area contributed by atoms with Crippen LogP contribution >= 0.6 is 29.8 Å². The van der Waals surface area contributed by atoms with Crippen LogP contribution in [0.2, 0.25) is 0 Å². The molecule has 146 valence electrons. The van der Waals surface area contributed by atoms with E-state index in [-0.39, 0.29) is 17.0 Å². The van der Waals surface area contributed by atoms with Crippen molar-refractivity contribution in [3.05, 3.63) is 29.8 Å². The van der Waals surface area contributed by atoms with Crippen LogP contribution < -0.4 is 4.72 Å². The average molecular weight is 431 g/mol. The summed E-state index contributed by atoms with van der Waals surface area (Å²) in [6, 6.07) is 8.59. The topological polar surface area (TPSA) is 12.0 Å². The molecular formula is C22H40BrNS. The molecule has 1 aromatic carbocycles. The monoisotopic (exact) mass is 429 g/mol. The molecule has 0 unspecified atom stereocenters. The number of nitrogens with one attached hydrogen (secondary N) is 1. The fourth-order valence-corrected chi connectivity index (χ4v) is 3.46. The van der Waals surface area contributed by atoms with Gasteiger partial charge in [0.05, 0.1) is 0 Å². The summed E-state index contributed by atoms with van der Waals surface area (Å²) in [5, 5.41) is 0. The van der Waals surface area contributed by atoms with Crippen molar-refractivity contribution in [2.45, 2.75) is 103 Å². The van der Waals surface area contributed by atoms with E-state index in [0.717, 1.165) is 5.69 Å². The molecule has 1 rings (SSSR count). The third-order valence-electron chi connectivity index (χ3n) is 4.88. The number of unbranched alkanes of at least 4 members (excludes halogenated alkanes) is 13. The third kappa shape index (κ3) is 14.7. The summed E-state index contributed by atoms with van der Waals surface area (Å²) in [7, 11) is 0. The Morgan fingerprint density at radius 2 is 1.20 bits per heavy atom. The molecule has 0 amide bonds. The zero-order valence-corrected chi connectivity index (χ0v) is 18.9. The quantitative estimate of drug-likeness (QED) is 0.198. The molecule has 0 spiro atoms. The van der Waals surface area contributed by atoms with Gasteiger partial charge in [-0.3, -0.25) is 0 Å². The largest absolute Gasteiger partial charge is 0.332 e. The molecule has 0 aliphatic heterocycles. The van der Waals surface area contributed by atoms with Crippen molar-refractivity contribution >= 4 is 35.5 Å². The van der Waals surface area contributed by atoms with Crippen molar-refractivity contribution in [1.82, 2.24) is 0 Å². The summed E-state index contributed by atoms with van der Waals surface area (Å²) in [5.41, 5.74) is 2.52. The zero-order chi connectivity index (χ0) is 17.3. The molecule has 0 heterocycles. The van der Waals surface area contributed by atoms with Crippen LogP contribution in [-0.4, -0.2) is 0 Å². The first-order chi connectivity index (χ1) is 11.9. The first-order valence-corrected chi connectivity index (χ1v) is 10.8. The minimum Gasteiger partial charge on any atom is -0.332 e. The molecular weight excluding hydrogens is 390 g/mol. The van der Waals surface area contributed by atoms with Gasteiger partial charge in [-0.05, 0) is 30.5 Å². The molecule has 0 atom stereocenters. The SMILES string of the molecule is Br.CCCCCCCCCCCCCCCCc1cccc(NS)c1. The highest BCUT2D eigenvalue weighted by Crippen LogP contribution is 2.16. The molecule has 0 saturated carbocycles. The van der Waals surface area contributed by atoms with Crippen molar-refractivity contribution in [1.29, 1.82) is 0 Å². The van der Waals surface area contributed by atoms with Crippen LogP contribution in [0.1, 0.15) is 102 Å². The summed E-state index contributed by atoms with van der Waals surface area (Å²) >= 11 is 4.10. The van der Waals surface area contributed by atoms with E-state index < -0.39 is 0 Å². The second-order valence-corrected chi connectivity index (χ2v) is 7.38. The lowest BCUT2D eigenvalue weighted by atomic mass is 10.0. The summed E-state index contributed by atoms with van der Waals surface area (Å²) in [5.74, 6) is 0. The van der Waals surface area contributed by atoms with E-state index in [4.69, 9.17) is 0 Å². The first kappa shape index (κ1) is 24.8. The molecule has 1 N–H and O–H groups in total. The van der Waals surface area contributed by atoms with Crippen LogP contribution in [0.25, 0.3) is 0 Å². The normalized spacial score (nSPS) is 10.5. The van der Waals surface area contributed by atoms with Gasteiger partial charge in [-0.1, -0.05) is 115 Å². The van der Waals surface area contributed by atoms with Crippen molar-refractivity contribution in [3.63, 3.8) is 0 Å². The molecule has 0 aromatic heterocycles. The highest BCUT2D eigenvalue weighted by molar-refractivity contribution is 8.93. The Kier molecular flexibility index (Phi) is 18.5. The average Bonchev–Trinajstić information content (AvgIpc) is 2.62. The number of halogens is 1. The van der Waals surface area contributed by atoms with Gasteiger partial charge in [-0.2, -0.15) is 0 Å².